The minimum atomic E-state index is 0.498. The largest absolute Gasteiger partial charge is 0.354 e. The van der Waals surface area contributed by atoms with Crippen LogP contribution in [0.5, 0.6) is 0 Å². The predicted octanol–water partition coefficient (Wildman–Crippen LogP) is 3.09. The van der Waals surface area contributed by atoms with Crippen molar-refractivity contribution >= 4 is 5.96 Å². The van der Waals surface area contributed by atoms with Gasteiger partial charge in [0.1, 0.15) is 0 Å². The van der Waals surface area contributed by atoms with Gasteiger partial charge < -0.3 is 15.5 Å². The van der Waals surface area contributed by atoms with Crippen molar-refractivity contribution in [2.45, 2.75) is 59.2 Å². The molecule has 1 saturated heterocycles. The summed E-state index contributed by atoms with van der Waals surface area (Å²) >= 11 is 0. The van der Waals surface area contributed by atoms with Gasteiger partial charge in [0, 0.05) is 44.0 Å². The molecule has 0 amide bonds. The lowest BCUT2D eigenvalue weighted by Crippen LogP contribution is -2.48. The highest BCUT2D eigenvalue weighted by Gasteiger charge is 2.19. The van der Waals surface area contributed by atoms with Gasteiger partial charge in [0.2, 0.25) is 0 Å². The summed E-state index contributed by atoms with van der Waals surface area (Å²) in [5, 5.41) is 11.9. The fraction of sp³-hybridized carbons (Fsp3) is 0.565. The Bertz CT molecular complexity index is 787. The lowest BCUT2D eigenvalue weighted by molar-refractivity contribution is 0.206. The Morgan fingerprint density at radius 1 is 1.17 bits per heavy atom. The third-order valence-corrected chi connectivity index (χ3v) is 5.83. The van der Waals surface area contributed by atoms with Crippen molar-refractivity contribution in [1.29, 1.82) is 0 Å². The monoisotopic (exact) mass is 396 g/mol. The van der Waals surface area contributed by atoms with Crippen LogP contribution in [-0.2, 0) is 13.1 Å². The molecule has 0 bridgehead atoms. The number of hydrogen-bond donors (Lipinski definition) is 2. The van der Waals surface area contributed by atoms with Gasteiger partial charge in [-0.3, -0.25) is 9.67 Å². The molecule has 1 aromatic heterocycles. The van der Waals surface area contributed by atoms with Gasteiger partial charge in [-0.15, -0.1) is 0 Å². The number of hydrogen-bond acceptors (Lipinski definition) is 3. The van der Waals surface area contributed by atoms with Crippen LogP contribution in [0.3, 0.4) is 0 Å². The fourth-order valence-electron chi connectivity index (χ4n) is 4.08. The normalized spacial score (nSPS) is 16.2. The number of nitrogens with one attached hydrogen (secondary N) is 2. The van der Waals surface area contributed by atoms with Crippen molar-refractivity contribution < 1.29 is 0 Å². The second-order valence-corrected chi connectivity index (χ2v) is 7.98. The summed E-state index contributed by atoms with van der Waals surface area (Å²) in [4.78, 5) is 7.00. The lowest BCUT2D eigenvalue weighted by Gasteiger charge is -2.32. The Labute approximate surface area is 175 Å². The molecule has 1 aliphatic rings. The van der Waals surface area contributed by atoms with Crippen molar-refractivity contribution in [2.75, 3.05) is 26.7 Å². The molecule has 0 radical (unpaired) electrons. The first-order chi connectivity index (χ1) is 14.1. The van der Waals surface area contributed by atoms with Gasteiger partial charge in [0.05, 0.1) is 12.2 Å². The number of likely N-dealkylation sites (tertiary alicyclic amines) is 1. The number of guanidine groups is 1. The standard InChI is InChI=1S/C23H36N6/c1-5-13-28-14-11-21(12-15-28)26-23(24-4)25-16-22-18(2)27-29(19(22)3)17-20-9-7-6-8-10-20/h6-10,21H,5,11-17H2,1-4H3,(H2,24,25,26). The summed E-state index contributed by atoms with van der Waals surface area (Å²) in [6.45, 7) is 11.6. The van der Waals surface area contributed by atoms with Gasteiger partial charge in [-0.25, -0.2) is 0 Å². The first kappa shape index (κ1) is 21.4. The van der Waals surface area contributed by atoms with Crippen molar-refractivity contribution in [2.24, 2.45) is 4.99 Å². The van der Waals surface area contributed by atoms with Crippen molar-refractivity contribution in [3.8, 4) is 0 Å². The average molecular weight is 397 g/mol. The van der Waals surface area contributed by atoms with E-state index in [0.717, 1.165) is 24.7 Å². The van der Waals surface area contributed by atoms with Crippen LogP contribution in [0.25, 0.3) is 0 Å². The number of aromatic nitrogens is 2. The van der Waals surface area contributed by atoms with Gasteiger partial charge in [0.15, 0.2) is 5.96 Å². The molecule has 0 saturated carbocycles. The van der Waals surface area contributed by atoms with Crippen LogP contribution in [-0.4, -0.2) is 53.4 Å². The molecule has 158 valence electrons. The minimum Gasteiger partial charge on any atom is -0.354 e. The van der Waals surface area contributed by atoms with E-state index in [-0.39, 0.29) is 0 Å². The number of rotatable bonds is 7. The number of aryl methyl sites for hydroxylation is 1. The first-order valence-corrected chi connectivity index (χ1v) is 10.9. The van der Waals surface area contributed by atoms with Crippen molar-refractivity contribution in [3.05, 3.63) is 52.8 Å². The second-order valence-electron chi connectivity index (χ2n) is 7.98. The van der Waals surface area contributed by atoms with Crippen LogP contribution >= 0.6 is 0 Å². The maximum absolute atomic E-state index is 4.76. The summed E-state index contributed by atoms with van der Waals surface area (Å²) in [6.07, 6.45) is 3.58. The maximum atomic E-state index is 4.76. The topological polar surface area (TPSA) is 57.5 Å². The predicted molar refractivity (Wildman–Crippen MR) is 120 cm³/mol. The number of aliphatic imine (C=N–C) groups is 1. The highest BCUT2D eigenvalue weighted by Crippen LogP contribution is 2.15. The average Bonchev–Trinajstić information content (AvgIpc) is 3.00. The lowest BCUT2D eigenvalue weighted by atomic mass is 10.1. The molecular weight excluding hydrogens is 360 g/mol. The summed E-state index contributed by atoms with van der Waals surface area (Å²) in [6, 6.07) is 11.0. The Balaban J connectivity index is 1.54. The molecule has 0 unspecified atom stereocenters. The maximum Gasteiger partial charge on any atom is 0.191 e. The Morgan fingerprint density at radius 2 is 1.90 bits per heavy atom. The van der Waals surface area contributed by atoms with E-state index >= 15 is 0 Å². The van der Waals surface area contributed by atoms with E-state index in [1.807, 2.05) is 13.1 Å². The Morgan fingerprint density at radius 3 is 2.55 bits per heavy atom. The zero-order valence-corrected chi connectivity index (χ0v) is 18.4. The molecule has 3 rings (SSSR count). The molecule has 29 heavy (non-hydrogen) atoms. The van der Waals surface area contributed by atoms with E-state index in [2.05, 4.69) is 70.2 Å². The Kier molecular flexibility index (Phi) is 7.69. The molecule has 2 N–H and O–H groups in total. The van der Waals surface area contributed by atoms with Gasteiger partial charge >= 0.3 is 0 Å². The zero-order valence-electron chi connectivity index (χ0n) is 18.4. The van der Waals surface area contributed by atoms with Crippen LogP contribution in [0.1, 0.15) is 48.7 Å². The molecule has 1 aromatic carbocycles. The number of nitrogens with zero attached hydrogens (tertiary/aromatic N) is 4. The van der Waals surface area contributed by atoms with Crippen LogP contribution in [0.2, 0.25) is 0 Å². The van der Waals surface area contributed by atoms with Crippen LogP contribution in [0.15, 0.2) is 35.3 Å². The third kappa shape index (κ3) is 5.82. The molecule has 1 aliphatic heterocycles. The van der Waals surface area contributed by atoms with Crippen LogP contribution in [0, 0.1) is 13.8 Å². The minimum absolute atomic E-state index is 0.498. The molecular formula is C23H36N6. The van der Waals surface area contributed by atoms with Gasteiger partial charge in [-0.2, -0.15) is 5.10 Å². The van der Waals surface area contributed by atoms with Crippen molar-refractivity contribution in [1.82, 2.24) is 25.3 Å². The number of piperidine rings is 1. The van der Waals surface area contributed by atoms with E-state index in [9.17, 15) is 0 Å². The summed E-state index contributed by atoms with van der Waals surface area (Å²) < 4.78 is 2.10. The van der Waals surface area contributed by atoms with Gasteiger partial charge in [-0.1, -0.05) is 37.3 Å². The zero-order chi connectivity index (χ0) is 20.6. The summed E-state index contributed by atoms with van der Waals surface area (Å²) in [5.74, 6) is 0.883. The molecule has 0 spiro atoms. The molecule has 2 heterocycles. The third-order valence-electron chi connectivity index (χ3n) is 5.83. The quantitative estimate of drug-likeness (QED) is 0.558. The first-order valence-electron chi connectivity index (χ1n) is 10.9. The van der Waals surface area contributed by atoms with Crippen molar-refractivity contribution in [3.63, 3.8) is 0 Å². The summed E-state index contributed by atoms with van der Waals surface area (Å²) in [5.41, 5.74) is 4.81. The molecule has 6 nitrogen and oxygen atoms in total. The fourth-order valence-corrected chi connectivity index (χ4v) is 4.08. The van der Waals surface area contributed by atoms with E-state index in [0.29, 0.717) is 6.04 Å². The molecule has 1 fully saturated rings. The van der Waals surface area contributed by atoms with Crippen LogP contribution in [0.4, 0.5) is 0 Å². The van der Waals surface area contributed by atoms with Crippen LogP contribution < -0.4 is 10.6 Å². The highest BCUT2D eigenvalue weighted by atomic mass is 15.3. The molecule has 0 atom stereocenters. The second kappa shape index (κ2) is 10.4. The molecule has 0 aliphatic carbocycles. The van der Waals surface area contributed by atoms with Gasteiger partial charge in [0.25, 0.3) is 0 Å². The Hall–Kier alpha value is -2.34. The molecule has 6 heteroatoms. The van der Waals surface area contributed by atoms with E-state index < -0.39 is 0 Å². The summed E-state index contributed by atoms with van der Waals surface area (Å²) in [7, 11) is 1.85. The smallest absolute Gasteiger partial charge is 0.191 e. The highest BCUT2D eigenvalue weighted by molar-refractivity contribution is 5.80. The SMILES string of the molecule is CCCN1CCC(NC(=NC)NCc2c(C)nn(Cc3ccccc3)c2C)CC1. The van der Waals surface area contributed by atoms with E-state index in [1.165, 1.54) is 55.7 Å². The number of benzene rings is 1. The molecule has 2 aromatic rings. The van der Waals surface area contributed by atoms with E-state index in [1.54, 1.807) is 0 Å². The van der Waals surface area contributed by atoms with Gasteiger partial charge in [-0.05, 0) is 45.2 Å². The van der Waals surface area contributed by atoms with E-state index in [4.69, 9.17) is 5.10 Å².